The van der Waals surface area contributed by atoms with Gasteiger partial charge in [-0.2, -0.15) is 5.26 Å². The van der Waals surface area contributed by atoms with E-state index in [1.165, 1.54) is 6.20 Å². The summed E-state index contributed by atoms with van der Waals surface area (Å²) in [4.78, 5) is 12.4. The number of nitriles is 1. The van der Waals surface area contributed by atoms with Gasteiger partial charge in [-0.15, -0.1) is 0 Å². The van der Waals surface area contributed by atoms with Crippen LogP contribution in [0, 0.1) is 18.3 Å². The molecule has 0 aliphatic carbocycles. The van der Waals surface area contributed by atoms with Gasteiger partial charge in [-0.3, -0.25) is 0 Å². The number of pyridine rings is 1. The van der Waals surface area contributed by atoms with Crippen molar-refractivity contribution in [1.82, 2.24) is 4.40 Å². The van der Waals surface area contributed by atoms with Gasteiger partial charge in [0, 0.05) is 5.39 Å². The zero-order chi connectivity index (χ0) is 15.9. The minimum absolute atomic E-state index is 0.0805. The summed E-state index contributed by atoms with van der Waals surface area (Å²) in [6.45, 7) is 3.79. The Morgan fingerprint density at radius 3 is 2.82 bits per heavy atom. The largest absolute Gasteiger partial charge is 0.505 e. The molecule has 0 amide bonds. The van der Waals surface area contributed by atoms with Gasteiger partial charge < -0.3 is 14.2 Å². The highest BCUT2D eigenvalue weighted by Gasteiger charge is 2.23. The molecule has 3 aromatic rings. The molecule has 0 atom stereocenters. The van der Waals surface area contributed by atoms with E-state index in [1.54, 1.807) is 11.3 Å². The summed E-state index contributed by atoms with van der Waals surface area (Å²) in [6.07, 6.45) is 1.46. The predicted molar refractivity (Wildman–Crippen MR) is 82.0 cm³/mol. The number of carbonyl (C=O) groups excluding carboxylic acids is 1. The van der Waals surface area contributed by atoms with Crippen molar-refractivity contribution in [3.05, 3.63) is 47.2 Å². The van der Waals surface area contributed by atoms with Gasteiger partial charge in [0.2, 0.25) is 0 Å². The average Bonchev–Trinajstić information content (AvgIpc) is 2.84. The van der Waals surface area contributed by atoms with Crippen LogP contribution in [-0.2, 0) is 4.74 Å². The zero-order valence-electron chi connectivity index (χ0n) is 12.3. The van der Waals surface area contributed by atoms with Gasteiger partial charge in [-0.05, 0) is 25.5 Å². The summed E-state index contributed by atoms with van der Waals surface area (Å²) in [5.74, 6) is -0.644. The Hall–Kier alpha value is -3.00. The number of nitrogens with zero attached hydrogens (tertiary/aromatic N) is 2. The Labute approximate surface area is 127 Å². The lowest BCUT2D eigenvalue weighted by molar-refractivity contribution is 0.0527. The average molecular weight is 294 g/mol. The normalized spacial score (nSPS) is 10.8. The van der Waals surface area contributed by atoms with Gasteiger partial charge in [0.25, 0.3) is 0 Å². The van der Waals surface area contributed by atoms with Crippen molar-refractivity contribution in [3.63, 3.8) is 0 Å². The third-order valence-electron chi connectivity index (χ3n) is 3.76. The molecule has 0 bridgehead atoms. The van der Waals surface area contributed by atoms with Gasteiger partial charge in [-0.1, -0.05) is 18.2 Å². The fourth-order valence-corrected chi connectivity index (χ4v) is 2.80. The molecule has 1 N–H and O–H groups in total. The number of aryl methyl sites for hydroxylation is 1. The monoisotopic (exact) mass is 294 g/mol. The van der Waals surface area contributed by atoms with Crippen LogP contribution in [-0.4, -0.2) is 22.1 Å². The predicted octanol–water partition coefficient (Wildman–Crippen LogP) is 3.15. The lowest BCUT2D eigenvalue weighted by Gasteiger charge is -2.13. The summed E-state index contributed by atoms with van der Waals surface area (Å²) >= 11 is 0. The minimum atomic E-state index is -0.495. The third kappa shape index (κ3) is 1.81. The molecule has 0 aliphatic rings. The number of rotatable bonds is 2. The molecule has 0 saturated heterocycles. The topological polar surface area (TPSA) is 74.7 Å². The van der Waals surface area contributed by atoms with Crippen LogP contribution < -0.4 is 0 Å². The lowest BCUT2D eigenvalue weighted by Crippen LogP contribution is -2.10. The highest BCUT2D eigenvalue weighted by Crippen LogP contribution is 2.34. The van der Waals surface area contributed by atoms with E-state index in [9.17, 15) is 15.2 Å². The van der Waals surface area contributed by atoms with Gasteiger partial charge in [0.1, 0.15) is 11.6 Å². The van der Waals surface area contributed by atoms with E-state index in [4.69, 9.17) is 4.74 Å². The second kappa shape index (κ2) is 5.08. The van der Waals surface area contributed by atoms with E-state index in [2.05, 4.69) is 0 Å². The lowest BCUT2D eigenvalue weighted by atomic mass is 10.0. The minimum Gasteiger partial charge on any atom is -0.505 e. The number of hydrogen-bond acceptors (Lipinski definition) is 4. The van der Waals surface area contributed by atoms with Crippen molar-refractivity contribution in [2.45, 2.75) is 13.8 Å². The fourth-order valence-electron chi connectivity index (χ4n) is 2.80. The molecule has 0 saturated carbocycles. The number of esters is 1. The molecule has 2 aromatic heterocycles. The second-order valence-corrected chi connectivity index (χ2v) is 4.96. The molecule has 2 heterocycles. The van der Waals surface area contributed by atoms with Gasteiger partial charge >= 0.3 is 5.97 Å². The first-order valence-electron chi connectivity index (χ1n) is 6.92. The second-order valence-electron chi connectivity index (χ2n) is 4.96. The Morgan fingerprint density at radius 2 is 2.14 bits per heavy atom. The van der Waals surface area contributed by atoms with Gasteiger partial charge in [0.15, 0.2) is 5.75 Å². The number of ether oxygens (including phenoxy) is 1. The number of benzene rings is 1. The molecular formula is C17H14N2O3. The molecule has 3 rings (SSSR count). The van der Waals surface area contributed by atoms with Crippen LogP contribution in [0.5, 0.6) is 5.75 Å². The van der Waals surface area contributed by atoms with Crippen molar-refractivity contribution in [2.75, 3.05) is 6.61 Å². The molecule has 5 nitrogen and oxygen atoms in total. The molecular weight excluding hydrogens is 280 g/mol. The van der Waals surface area contributed by atoms with E-state index in [1.807, 2.05) is 37.3 Å². The molecule has 22 heavy (non-hydrogen) atoms. The quantitative estimate of drug-likeness (QED) is 0.737. The first kappa shape index (κ1) is 14.0. The van der Waals surface area contributed by atoms with E-state index >= 15 is 0 Å². The number of hydrogen-bond donors (Lipinski definition) is 1. The standard InChI is InChI=1S/C17H14N2O3/c1-3-22-17(21)15-10(2)11-6-4-5-7-13(11)19-9-14(20)12(8-18)16(15)19/h4-7,9,20H,3H2,1-2H3. The van der Waals surface area contributed by atoms with E-state index in [-0.39, 0.29) is 17.9 Å². The summed E-state index contributed by atoms with van der Waals surface area (Å²) in [7, 11) is 0. The smallest absolute Gasteiger partial charge is 0.340 e. The third-order valence-corrected chi connectivity index (χ3v) is 3.76. The van der Waals surface area contributed by atoms with E-state index < -0.39 is 5.97 Å². The Morgan fingerprint density at radius 1 is 1.41 bits per heavy atom. The summed E-state index contributed by atoms with van der Waals surface area (Å²) in [5.41, 5.74) is 2.33. The molecule has 110 valence electrons. The first-order valence-corrected chi connectivity index (χ1v) is 6.92. The first-order chi connectivity index (χ1) is 10.6. The fraction of sp³-hybridized carbons (Fsp3) is 0.176. The summed E-state index contributed by atoms with van der Waals surface area (Å²) in [5, 5.41) is 20.2. The zero-order valence-corrected chi connectivity index (χ0v) is 12.3. The molecule has 0 aliphatic heterocycles. The molecule has 0 fully saturated rings. The van der Waals surface area contributed by atoms with Crippen molar-refractivity contribution < 1.29 is 14.6 Å². The van der Waals surface area contributed by atoms with Crippen LogP contribution in [0.2, 0.25) is 0 Å². The maximum absolute atomic E-state index is 12.4. The van der Waals surface area contributed by atoms with Crippen LogP contribution in [0.1, 0.15) is 28.4 Å². The van der Waals surface area contributed by atoms with Crippen LogP contribution in [0.15, 0.2) is 30.5 Å². The Bertz CT molecular complexity index is 948. The van der Waals surface area contributed by atoms with E-state index in [0.717, 1.165) is 16.5 Å². The molecule has 1 aromatic carbocycles. The molecule has 5 heteroatoms. The van der Waals surface area contributed by atoms with Crippen LogP contribution in [0.4, 0.5) is 0 Å². The Balaban J connectivity index is 2.57. The SMILES string of the molecule is CCOC(=O)c1c(C)c2ccccc2n2cc(O)c(C#N)c12. The summed E-state index contributed by atoms with van der Waals surface area (Å²) < 4.78 is 6.80. The summed E-state index contributed by atoms with van der Waals surface area (Å²) in [6, 6.07) is 9.50. The maximum Gasteiger partial charge on any atom is 0.340 e. The van der Waals surface area contributed by atoms with Gasteiger partial charge in [0.05, 0.1) is 29.4 Å². The van der Waals surface area contributed by atoms with E-state index in [0.29, 0.717) is 11.1 Å². The highest BCUT2D eigenvalue weighted by atomic mass is 16.5. The molecule has 0 radical (unpaired) electrons. The number of fused-ring (bicyclic) bond motifs is 3. The van der Waals surface area contributed by atoms with Crippen LogP contribution in [0.25, 0.3) is 16.4 Å². The number of aromatic hydroxyl groups is 1. The maximum atomic E-state index is 12.4. The Kier molecular flexibility index (Phi) is 3.22. The van der Waals surface area contributed by atoms with Gasteiger partial charge in [-0.25, -0.2) is 4.79 Å². The number of aromatic nitrogens is 1. The van der Waals surface area contributed by atoms with Crippen LogP contribution in [0.3, 0.4) is 0 Å². The van der Waals surface area contributed by atoms with Crippen molar-refractivity contribution in [3.8, 4) is 11.8 Å². The highest BCUT2D eigenvalue weighted by molar-refractivity contribution is 6.06. The van der Waals surface area contributed by atoms with Crippen LogP contribution >= 0.6 is 0 Å². The molecule has 0 spiro atoms. The number of para-hydroxylation sites is 1. The van der Waals surface area contributed by atoms with Crippen molar-refractivity contribution in [2.24, 2.45) is 0 Å². The molecule has 0 unspecified atom stereocenters. The number of carbonyl (C=O) groups is 1. The van der Waals surface area contributed by atoms with Crippen molar-refractivity contribution in [1.29, 1.82) is 5.26 Å². The van der Waals surface area contributed by atoms with Crippen molar-refractivity contribution >= 4 is 22.4 Å².